The van der Waals surface area contributed by atoms with Crippen molar-refractivity contribution in [3.8, 4) is 17.4 Å². The van der Waals surface area contributed by atoms with Crippen molar-refractivity contribution in [2.75, 3.05) is 26.2 Å². The molecule has 196 valence electrons. The van der Waals surface area contributed by atoms with Crippen molar-refractivity contribution in [3.63, 3.8) is 0 Å². The second-order valence-electron chi connectivity index (χ2n) is 10.5. The largest absolute Gasteiger partial charge is 0.490 e. The van der Waals surface area contributed by atoms with Crippen LogP contribution in [0.5, 0.6) is 5.75 Å². The predicted octanol–water partition coefficient (Wildman–Crippen LogP) is 6.38. The molecule has 7 heteroatoms. The van der Waals surface area contributed by atoms with Gasteiger partial charge in [0.1, 0.15) is 24.0 Å². The Morgan fingerprint density at radius 1 is 0.947 bits per heavy atom. The molecule has 0 aliphatic carbocycles. The van der Waals surface area contributed by atoms with Crippen LogP contribution in [0, 0.1) is 0 Å². The molecule has 7 nitrogen and oxygen atoms in total. The topological polar surface area (TPSA) is 84.8 Å². The lowest BCUT2D eigenvalue weighted by Gasteiger charge is -2.33. The Balaban J connectivity index is 1.04. The molecule has 1 aliphatic heterocycles. The molecular formula is C31H33N3O4. The van der Waals surface area contributed by atoms with E-state index in [4.69, 9.17) is 13.6 Å². The standard InChI is InChI=1S/C31H33N3O4/c1-20(2)30-32-33-31(38-30)29-17-26-27(8-5-9-28(26)37-29)36-19-25(35)18-34-14-12-22(13-15-34)24-11-10-21-6-3-4-7-23(21)16-24/h3-11,16-17,20,22,25,35H,12-15,18-19H2,1-2H3/t25-/m0/s1. The zero-order valence-electron chi connectivity index (χ0n) is 21.8. The maximum Gasteiger partial charge on any atom is 0.283 e. The van der Waals surface area contributed by atoms with E-state index in [1.54, 1.807) is 0 Å². The van der Waals surface area contributed by atoms with E-state index in [0.717, 1.165) is 31.3 Å². The van der Waals surface area contributed by atoms with Gasteiger partial charge in [-0.25, -0.2) is 0 Å². The van der Waals surface area contributed by atoms with Crippen LogP contribution >= 0.6 is 0 Å². The van der Waals surface area contributed by atoms with Crippen LogP contribution in [0.15, 0.2) is 75.6 Å². The lowest BCUT2D eigenvalue weighted by Crippen LogP contribution is -2.40. The lowest BCUT2D eigenvalue weighted by molar-refractivity contribution is 0.0599. The normalized spacial score (nSPS) is 16.0. The van der Waals surface area contributed by atoms with Gasteiger partial charge in [-0.3, -0.25) is 0 Å². The second kappa shape index (κ2) is 10.6. The summed E-state index contributed by atoms with van der Waals surface area (Å²) >= 11 is 0. The van der Waals surface area contributed by atoms with Gasteiger partial charge < -0.3 is 23.6 Å². The average Bonchev–Trinajstić information content (AvgIpc) is 3.60. The molecule has 3 heterocycles. The van der Waals surface area contributed by atoms with E-state index < -0.39 is 6.10 Å². The van der Waals surface area contributed by atoms with Crippen molar-refractivity contribution in [2.45, 2.75) is 44.6 Å². The number of ether oxygens (including phenoxy) is 1. The van der Waals surface area contributed by atoms with Crippen molar-refractivity contribution in [1.29, 1.82) is 0 Å². The van der Waals surface area contributed by atoms with Crippen LogP contribution < -0.4 is 4.74 Å². The van der Waals surface area contributed by atoms with Crippen LogP contribution in [0.3, 0.4) is 0 Å². The van der Waals surface area contributed by atoms with Crippen LogP contribution in [-0.4, -0.2) is 52.5 Å². The van der Waals surface area contributed by atoms with E-state index in [1.807, 2.05) is 38.1 Å². The first-order chi connectivity index (χ1) is 18.5. The number of fused-ring (bicyclic) bond motifs is 2. The molecule has 1 atom stereocenters. The quantitative estimate of drug-likeness (QED) is 0.259. The first kappa shape index (κ1) is 24.6. The van der Waals surface area contributed by atoms with Gasteiger partial charge in [0, 0.05) is 18.5 Å². The molecule has 0 saturated carbocycles. The molecule has 5 aromatic rings. The van der Waals surface area contributed by atoms with Gasteiger partial charge in [-0.05, 0) is 60.3 Å². The van der Waals surface area contributed by atoms with Crippen LogP contribution in [0.4, 0.5) is 0 Å². The van der Waals surface area contributed by atoms with Gasteiger partial charge in [-0.1, -0.05) is 62.4 Å². The summed E-state index contributed by atoms with van der Waals surface area (Å²) < 4.78 is 17.7. The number of piperidine rings is 1. The Bertz CT molecular complexity index is 1530. The highest BCUT2D eigenvalue weighted by atomic mass is 16.5. The minimum atomic E-state index is -0.585. The van der Waals surface area contributed by atoms with Crippen molar-refractivity contribution in [2.24, 2.45) is 0 Å². The molecule has 1 fully saturated rings. The van der Waals surface area contributed by atoms with Crippen molar-refractivity contribution >= 4 is 21.7 Å². The monoisotopic (exact) mass is 511 g/mol. The zero-order chi connectivity index (χ0) is 26.1. The van der Waals surface area contributed by atoms with E-state index in [1.165, 1.54) is 16.3 Å². The zero-order valence-corrected chi connectivity index (χ0v) is 21.8. The SMILES string of the molecule is CC(C)c1nnc(-c2cc3c(OC[C@@H](O)CN4CCC(c5ccc6ccccc6c5)CC4)cccc3o2)o1. The minimum absolute atomic E-state index is 0.144. The van der Waals surface area contributed by atoms with Gasteiger partial charge in [0.2, 0.25) is 5.89 Å². The fraction of sp³-hybridized carbons (Fsp3) is 0.355. The number of nitrogens with zero attached hydrogens (tertiary/aromatic N) is 3. The Morgan fingerprint density at radius 3 is 2.55 bits per heavy atom. The third-order valence-corrected chi connectivity index (χ3v) is 7.40. The average molecular weight is 512 g/mol. The molecule has 0 amide bonds. The molecular weight excluding hydrogens is 478 g/mol. The third-order valence-electron chi connectivity index (χ3n) is 7.40. The van der Waals surface area contributed by atoms with Crippen molar-refractivity contribution in [3.05, 3.63) is 78.2 Å². The van der Waals surface area contributed by atoms with Crippen LogP contribution in [0.25, 0.3) is 33.4 Å². The van der Waals surface area contributed by atoms with E-state index in [2.05, 4.69) is 57.6 Å². The van der Waals surface area contributed by atoms with Gasteiger partial charge in [0.15, 0.2) is 5.76 Å². The Morgan fingerprint density at radius 2 is 1.76 bits per heavy atom. The maximum absolute atomic E-state index is 10.8. The number of hydrogen-bond donors (Lipinski definition) is 1. The summed E-state index contributed by atoms with van der Waals surface area (Å²) in [4.78, 5) is 2.34. The summed E-state index contributed by atoms with van der Waals surface area (Å²) in [6.07, 6.45) is 1.60. The van der Waals surface area contributed by atoms with Gasteiger partial charge in [0.05, 0.1) is 5.39 Å². The number of aliphatic hydroxyl groups is 1. The molecule has 0 bridgehead atoms. The summed E-state index contributed by atoms with van der Waals surface area (Å²) in [6.45, 7) is 6.75. The maximum atomic E-state index is 10.8. The summed E-state index contributed by atoms with van der Waals surface area (Å²) in [5.41, 5.74) is 2.09. The fourth-order valence-electron chi connectivity index (χ4n) is 5.28. The highest BCUT2D eigenvalue weighted by molar-refractivity contribution is 5.87. The molecule has 0 spiro atoms. The Hall–Kier alpha value is -3.68. The van der Waals surface area contributed by atoms with E-state index in [0.29, 0.717) is 41.3 Å². The molecule has 6 rings (SSSR count). The number of furan rings is 1. The summed E-state index contributed by atoms with van der Waals surface area (Å²) in [5, 5.41) is 22.4. The van der Waals surface area contributed by atoms with Crippen molar-refractivity contribution in [1.82, 2.24) is 15.1 Å². The van der Waals surface area contributed by atoms with Crippen LogP contribution in [0.1, 0.15) is 50.0 Å². The molecule has 0 unspecified atom stereocenters. The predicted molar refractivity (Wildman–Crippen MR) is 147 cm³/mol. The minimum Gasteiger partial charge on any atom is -0.490 e. The van der Waals surface area contributed by atoms with Gasteiger partial charge in [-0.2, -0.15) is 0 Å². The summed E-state index contributed by atoms with van der Waals surface area (Å²) in [6, 6.07) is 22.9. The van der Waals surface area contributed by atoms with E-state index in [-0.39, 0.29) is 12.5 Å². The molecule has 1 aliphatic rings. The number of benzene rings is 3. The van der Waals surface area contributed by atoms with Gasteiger partial charge in [-0.15, -0.1) is 10.2 Å². The lowest BCUT2D eigenvalue weighted by atomic mass is 9.88. The molecule has 1 N–H and O–H groups in total. The third kappa shape index (κ3) is 5.17. The van der Waals surface area contributed by atoms with Gasteiger partial charge >= 0.3 is 0 Å². The van der Waals surface area contributed by atoms with E-state index in [9.17, 15) is 5.11 Å². The molecule has 1 saturated heterocycles. The van der Waals surface area contributed by atoms with Gasteiger partial charge in [0.25, 0.3) is 5.89 Å². The number of β-amino-alcohol motifs (C(OH)–C–C–N with tert-alkyl or cyclic N) is 1. The first-order valence-corrected chi connectivity index (χ1v) is 13.4. The summed E-state index contributed by atoms with van der Waals surface area (Å²) in [7, 11) is 0. The fourth-order valence-corrected chi connectivity index (χ4v) is 5.28. The first-order valence-electron chi connectivity index (χ1n) is 13.4. The molecule has 0 radical (unpaired) electrons. The Kier molecular flexibility index (Phi) is 6.87. The number of aromatic nitrogens is 2. The number of rotatable bonds is 8. The van der Waals surface area contributed by atoms with Crippen LogP contribution in [-0.2, 0) is 0 Å². The van der Waals surface area contributed by atoms with Crippen LogP contribution in [0.2, 0.25) is 0 Å². The molecule has 3 aromatic carbocycles. The number of aliphatic hydroxyl groups excluding tert-OH is 1. The van der Waals surface area contributed by atoms with Crippen molar-refractivity contribution < 1.29 is 18.7 Å². The molecule has 2 aromatic heterocycles. The number of hydrogen-bond acceptors (Lipinski definition) is 7. The highest BCUT2D eigenvalue weighted by Crippen LogP contribution is 2.34. The van der Waals surface area contributed by atoms with E-state index >= 15 is 0 Å². The smallest absolute Gasteiger partial charge is 0.283 e. The molecule has 38 heavy (non-hydrogen) atoms. The highest BCUT2D eigenvalue weighted by Gasteiger charge is 2.23. The second-order valence-corrected chi connectivity index (χ2v) is 10.5. The Labute approximate surface area is 222 Å². The number of likely N-dealkylation sites (tertiary alicyclic amines) is 1. The summed E-state index contributed by atoms with van der Waals surface area (Å²) in [5.74, 6) is 2.79.